The van der Waals surface area contributed by atoms with Crippen molar-refractivity contribution in [3.63, 3.8) is 0 Å². The van der Waals surface area contributed by atoms with Crippen LogP contribution < -0.4 is 5.56 Å². The maximum atomic E-state index is 12.8. The van der Waals surface area contributed by atoms with Gasteiger partial charge < -0.3 is 4.98 Å². The van der Waals surface area contributed by atoms with Crippen molar-refractivity contribution in [2.24, 2.45) is 0 Å². The van der Waals surface area contributed by atoms with Gasteiger partial charge in [-0.15, -0.1) is 0 Å². The van der Waals surface area contributed by atoms with E-state index in [1.54, 1.807) is 6.07 Å². The molecule has 3 rings (SSSR count). The van der Waals surface area contributed by atoms with Gasteiger partial charge in [-0.2, -0.15) is 0 Å². The number of hydrogen-bond donors (Lipinski definition) is 1. The number of nitrogens with one attached hydrogen (secondary N) is 1. The molecule has 126 valence electrons. The Kier molecular flexibility index (Phi) is 5.29. The van der Waals surface area contributed by atoms with Crippen molar-refractivity contribution in [2.45, 2.75) is 19.3 Å². The second-order valence-corrected chi connectivity index (χ2v) is 6.95. The predicted molar refractivity (Wildman–Crippen MR) is 103 cm³/mol. The number of pyridine rings is 1. The number of halogens is 1. The molecule has 3 aromatic rings. The van der Waals surface area contributed by atoms with Gasteiger partial charge in [0.25, 0.3) is 0 Å². The summed E-state index contributed by atoms with van der Waals surface area (Å²) >= 11 is 3.46. The van der Waals surface area contributed by atoms with Crippen molar-refractivity contribution in [2.75, 3.05) is 0 Å². The molecule has 0 fully saturated rings. The fraction of sp³-hybridized carbons (Fsp3) is 0.143. The van der Waals surface area contributed by atoms with Gasteiger partial charge in [0.1, 0.15) is 0 Å². The van der Waals surface area contributed by atoms with Gasteiger partial charge in [0.15, 0.2) is 5.78 Å². The van der Waals surface area contributed by atoms with E-state index in [0.29, 0.717) is 12.0 Å². The number of carbonyl (C=O) groups excluding carboxylic acids is 1. The lowest BCUT2D eigenvalue weighted by atomic mass is 9.84. The van der Waals surface area contributed by atoms with E-state index in [1.807, 2.05) is 36.4 Å². The van der Waals surface area contributed by atoms with Crippen molar-refractivity contribution in [3.8, 4) is 0 Å². The van der Waals surface area contributed by atoms with E-state index in [9.17, 15) is 9.59 Å². The molecule has 1 N–H and O–H groups in total. The van der Waals surface area contributed by atoms with Crippen LogP contribution in [0.1, 0.15) is 39.4 Å². The summed E-state index contributed by atoms with van der Waals surface area (Å²) in [5.74, 6) is -0.0267. The molecule has 0 radical (unpaired) electrons. The van der Waals surface area contributed by atoms with E-state index < -0.39 is 0 Å². The summed E-state index contributed by atoms with van der Waals surface area (Å²) in [6.45, 7) is 2.06. The van der Waals surface area contributed by atoms with E-state index in [1.165, 1.54) is 12.3 Å². The van der Waals surface area contributed by atoms with Gasteiger partial charge in [-0.3, -0.25) is 9.59 Å². The van der Waals surface area contributed by atoms with Crippen LogP contribution in [0, 0.1) is 6.92 Å². The van der Waals surface area contributed by atoms with Crippen molar-refractivity contribution in [1.82, 2.24) is 4.98 Å². The lowest BCUT2D eigenvalue weighted by Gasteiger charge is -2.20. The fourth-order valence-corrected chi connectivity index (χ4v) is 3.23. The third-order valence-electron chi connectivity index (χ3n) is 4.33. The highest BCUT2D eigenvalue weighted by molar-refractivity contribution is 9.10. The number of Topliss-reactive ketones (excluding diaryl/α,β-unsaturated/α-hetero) is 1. The summed E-state index contributed by atoms with van der Waals surface area (Å²) < 4.78 is 1.01. The summed E-state index contributed by atoms with van der Waals surface area (Å²) in [5, 5.41) is 0. The summed E-state index contributed by atoms with van der Waals surface area (Å²) in [6.07, 6.45) is 1.83. The Morgan fingerprint density at radius 3 is 2.40 bits per heavy atom. The van der Waals surface area contributed by atoms with Crippen LogP contribution in [0.15, 0.2) is 76.1 Å². The van der Waals surface area contributed by atoms with Crippen LogP contribution in [-0.2, 0) is 0 Å². The zero-order valence-corrected chi connectivity index (χ0v) is 15.4. The summed E-state index contributed by atoms with van der Waals surface area (Å²) in [6, 6.07) is 19.2. The monoisotopic (exact) mass is 395 g/mol. The molecule has 1 aromatic heterocycles. The van der Waals surface area contributed by atoms with Gasteiger partial charge in [-0.25, -0.2) is 0 Å². The molecule has 0 saturated heterocycles. The van der Waals surface area contributed by atoms with Gasteiger partial charge in [0.2, 0.25) is 5.56 Å². The van der Waals surface area contributed by atoms with Gasteiger partial charge in [-0.05, 0) is 41.8 Å². The highest BCUT2D eigenvalue weighted by atomic mass is 79.9. The number of aryl methyl sites for hydroxylation is 1. The lowest BCUT2D eigenvalue weighted by Crippen LogP contribution is -2.12. The quantitative estimate of drug-likeness (QED) is 0.627. The van der Waals surface area contributed by atoms with Crippen LogP contribution in [0.2, 0.25) is 0 Å². The Hall–Kier alpha value is -2.46. The highest BCUT2D eigenvalue weighted by Crippen LogP contribution is 2.32. The van der Waals surface area contributed by atoms with Crippen LogP contribution >= 0.6 is 15.9 Å². The maximum absolute atomic E-state index is 12.8. The Bertz CT molecular complexity index is 924. The minimum Gasteiger partial charge on any atom is -0.328 e. The molecule has 0 aliphatic rings. The number of H-pyrrole nitrogens is 1. The molecule has 2 aromatic carbocycles. The van der Waals surface area contributed by atoms with Crippen molar-refractivity contribution in [3.05, 3.63) is 104 Å². The lowest BCUT2D eigenvalue weighted by molar-refractivity contribution is 0.0977. The molecular weight excluding hydrogens is 378 g/mol. The molecule has 3 nitrogen and oxygen atoms in total. The fourth-order valence-electron chi connectivity index (χ4n) is 2.97. The Morgan fingerprint density at radius 1 is 1.04 bits per heavy atom. The van der Waals surface area contributed by atoms with Crippen molar-refractivity contribution < 1.29 is 4.79 Å². The predicted octanol–water partition coefficient (Wildman–Crippen LogP) is 4.85. The van der Waals surface area contributed by atoms with Crippen LogP contribution in [0.5, 0.6) is 0 Å². The van der Waals surface area contributed by atoms with Crippen LogP contribution in [0.3, 0.4) is 0 Å². The molecule has 0 spiro atoms. The smallest absolute Gasteiger partial charge is 0.247 e. The van der Waals surface area contributed by atoms with Crippen LogP contribution in [0.4, 0.5) is 0 Å². The molecule has 0 bridgehead atoms. The zero-order chi connectivity index (χ0) is 17.8. The molecule has 1 unspecified atom stereocenters. The van der Waals surface area contributed by atoms with Crippen LogP contribution in [-0.4, -0.2) is 10.8 Å². The van der Waals surface area contributed by atoms with E-state index in [0.717, 1.165) is 21.2 Å². The molecule has 1 atom stereocenters. The van der Waals surface area contributed by atoms with E-state index in [-0.39, 0.29) is 17.3 Å². The minimum absolute atomic E-state index is 0.00687. The molecule has 0 saturated carbocycles. The van der Waals surface area contributed by atoms with Gasteiger partial charge >= 0.3 is 0 Å². The minimum atomic E-state index is -0.208. The van der Waals surface area contributed by atoms with Gasteiger partial charge in [-0.1, -0.05) is 52.3 Å². The number of rotatable bonds is 5. The second-order valence-electron chi connectivity index (χ2n) is 6.03. The van der Waals surface area contributed by atoms with Gasteiger partial charge in [0.05, 0.1) is 0 Å². The first-order valence-corrected chi connectivity index (χ1v) is 8.87. The number of ketones is 1. The normalized spacial score (nSPS) is 11.9. The molecule has 4 heteroatoms. The molecular formula is C21H18BrNO2. The topological polar surface area (TPSA) is 49.9 Å². The molecule has 25 heavy (non-hydrogen) atoms. The highest BCUT2D eigenvalue weighted by Gasteiger charge is 2.20. The number of aromatic amines is 1. The molecule has 0 amide bonds. The number of benzene rings is 2. The summed E-state index contributed by atoms with van der Waals surface area (Å²) in [5.41, 5.74) is 3.71. The Balaban J connectivity index is 1.98. The third kappa shape index (κ3) is 4.15. The first-order chi connectivity index (χ1) is 12.0. The Morgan fingerprint density at radius 2 is 1.76 bits per heavy atom. The summed E-state index contributed by atoms with van der Waals surface area (Å²) in [7, 11) is 0. The maximum Gasteiger partial charge on any atom is 0.247 e. The zero-order valence-electron chi connectivity index (χ0n) is 13.8. The molecule has 0 aliphatic carbocycles. The SMILES string of the molecule is Cc1ccccc1C(CC(=O)c1ccc(=O)[nH]c1)c1ccc(Br)cc1. The second kappa shape index (κ2) is 7.62. The first kappa shape index (κ1) is 17.4. The van der Waals surface area contributed by atoms with E-state index >= 15 is 0 Å². The van der Waals surface area contributed by atoms with Crippen molar-refractivity contribution in [1.29, 1.82) is 0 Å². The van der Waals surface area contributed by atoms with Gasteiger partial charge in [0, 0.05) is 34.6 Å². The first-order valence-electron chi connectivity index (χ1n) is 8.07. The van der Waals surface area contributed by atoms with Crippen LogP contribution in [0.25, 0.3) is 0 Å². The standard InChI is InChI=1S/C21H18BrNO2/c1-14-4-2-3-5-18(14)19(15-6-9-17(22)10-7-15)12-20(24)16-8-11-21(25)23-13-16/h2-11,13,19H,12H2,1H3,(H,23,25). The van der Waals surface area contributed by atoms with E-state index in [4.69, 9.17) is 0 Å². The summed E-state index contributed by atoms with van der Waals surface area (Å²) in [4.78, 5) is 26.5. The number of hydrogen-bond acceptors (Lipinski definition) is 2. The van der Waals surface area contributed by atoms with E-state index in [2.05, 4.69) is 40.0 Å². The van der Waals surface area contributed by atoms with Crippen molar-refractivity contribution >= 4 is 21.7 Å². The number of aromatic nitrogens is 1. The molecule has 1 heterocycles. The number of carbonyl (C=O) groups is 1. The third-order valence-corrected chi connectivity index (χ3v) is 4.86. The Labute approximate surface area is 154 Å². The average Bonchev–Trinajstić information content (AvgIpc) is 2.62. The largest absolute Gasteiger partial charge is 0.328 e. The molecule has 0 aliphatic heterocycles. The average molecular weight is 396 g/mol.